The van der Waals surface area contributed by atoms with Crippen molar-refractivity contribution in [2.45, 2.75) is 13.0 Å². The first kappa shape index (κ1) is 12.9. The topological polar surface area (TPSA) is 54.4 Å². The van der Waals surface area contributed by atoms with Gasteiger partial charge in [-0.1, -0.05) is 0 Å². The second-order valence-corrected chi connectivity index (χ2v) is 4.76. The Balaban J connectivity index is 2.03. The molecule has 0 aliphatic rings. The van der Waals surface area contributed by atoms with Crippen molar-refractivity contribution < 1.29 is 9.84 Å². The van der Waals surface area contributed by atoms with Gasteiger partial charge < -0.3 is 15.2 Å². The fourth-order valence-electron chi connectivity index (χ4n) is 1.64. The molecule has 5 heteroatoms. The number of aromatic nitrogens is 1. The van der Waals surface area contributed by atoms with Gasteiger partial charge in [0.25, 0.3) is 0 Å². The van der Waals surface area contributed by atoms with Gasteiger partial charge in [0, 0.05) is 12.2 Å². The predicted molar refractivity (Wildman–Crippen MR) is 73.3 cm³/mol. The average molecular weight is 264 g/mol. The Morgan fingerprint density at radius 1 is 1.56 bits per heavy atom. The summed E-state index contributed by atoms with van der Waals surface area (Å²) in [5, 5.41) is 17.1. The molecule has 1 unspecified atom stereocenters. The lowest BCUT2D eigenvalue weighted by Crippen LogP contribution is -2.12. The normalized spacial score (nSPS) is 12.2. The van der Waals surface area contributed by atoms with Crippen LogP contribution in [0.5, 0.6) is 5.75 Å². The van der Waals surface area contributed by atoms with Crippen LogP contribution in [0.3, 0.4) is 0 Å². The Bertz CT molecular complexity index is 500. The molecule has 0 radical (unpaired) electrons. The van der Waals surface area contributed by atoms with Crippen LogP contribution in [-0.4, -0.2) is 23.7 Å². The number of ether oxygens (including phenoxy) is 1. The molecule has 18 heavy (non-hydrogen) atoms. The number of pyridine rings is 1. The molecule has 2 rings (SSSR count). The molecule has 2 aromatic rings. The highest BCUT2D eigenvalue weighted by Crippen LogP contribution is 2.25. The van der Waals surface area contributed by atoms with Gasteiger partial charge in [-0.05, 0) is 35.4 Å². The van der Waals surface area contributed by atoms with E-state index in [4.69, 9.17) is 4.74 Å². The monoisotopic (exact) mass is 264 g/mol. The number of hydrogen-bond acceptors (Lipinski definition) is 5. The summed E-state index contributed by atoms with van der Waals surface area (Å²) in [5.41, 5.74) is 2.68. The molecule has 1 atom stereocenters. The molecule has 2 N–H and O–H groups in total. The molecule has 0 aliphatic carbocycles. The number of anilines is 1. The number of aliphatic hydroxyl groups excluding tert-OH is 1. The number of methoxy groups -OCH3 is 1. The average Bonchev–Trinajstić information content (AvgIpc) is 2.90. The molecule has 96 valence electrons. The first-order chi connectivity index (χ1) is 8.70. The Labute approximate surface area is 110 Å². The zero-order valence-corrected chi connectivity index (χ0v) is 11.2. The lowest BCUT2D eigenvalue weighted by atomic mass is 10.2. The van der Waals surface area contributed by atoms with Crippen LogP contribution >= 0.6 is 11.3 Å². The quantitative estimate of drug-likeness (QED) is 0.871. The Kier molecular flexibility index (Phi) is 4.17. The number of aliphatic hydroxyl groups is 1. The van der Waals surface area contributed by atoms with Crippen LogP contribution in [-0.2, 0) is 0 Å². The third-order valence-corrected chi connectivity index (χ3v) is 3.34. The summed E-state index contributed by atoms with van der Waals surface area (Å²) in [6.45, 7) is 2.36. The molecule has 0 saturated carbocycles. The molecule has 0 amide bonds. The minimum atomic E-state index is -0.519. The molecule has 4 nitrogen and oxygen atoms in total. The summed E-state index contributed by atoms with van der Waals surface area (Å²) in [7, 11) is 1.60. The van der Waals surface area contributed by atoms with E-state index in [-0.39, 0.29) is 0 Å². The number of nitrogens with zero attached hydrogens (tertiary/aromatic N) is 1. The first-order valence-corrected chi connectivity index (χ1v) is 6.59. The maximum Gasteiger partial charge on any atom is 0.160 e. The number of rotatable bonds is 5. The Hall–Kier alpha value is -1.59. The van der Waals surface area contributed by atoms with E-state index in [1.807, 2.05) is 29.8 Å². The van der Waals surface area contributed by atoms with E-state index in [1.165, 1.54) is 0 Å². The predicted octanol–water partition coefficient (Wildman–Crippen LogP) is 2.61. The third-order valence-electron chi connectivity index (χ3n) is 2.64. The molecule has 0 aromatic carbocycles. The van der Waals surface area contributed by atoms with E-state index in [9.17, 15) is 5.11 Å². The van der Waals surface area contributed by atoms with Crippen molar-refractivity contribution >= 4 is 17.0 Å². The summed E-state index contributed by atoms with van der Waals surface area (Å²) in [5.74, 6) is 0.679. The maximum absolute atomic E-state index is 9.99. The van der Waals surface area contributed by atoms with Gasteiger partial charge >= 0.3 is 0 Å². The molecular formula is C13H16N2O2S. The zero-order valence-electron chi connectivity index (χ0n) is 10.4. The van der Waals surface area contributed by atoms with Crippen LogP contribution in [0.4, 0.5) is 5.69 Å². The lowest BCUT2D eigenvalue weighted by molar-refractivity contribution is 0.192. The molecule has 0 bridgehead atoms. The maximum atomic E-state index is 9.99. The van der Waals surface area contributed by atoms with E-state index in [0.717, 1.165) is 16.9 Å². The minimum absolute atomic E-state index is 0.441. The van der Waals surface area contributed by atoms with E-state index in [1.54, 1.807) is 24.6 Å². The fraction of sp³-hybridized carbons (Fsp3) is 0.308. The van der Waals surface area contributed by atoms with Gasteiger partial charge in [-0.2, -0.15) is 11.3 Å². The second-order valence-electron chi connectivity index (χ2n) is 3.98. The highest BCUT2D eigenvalue weighted by molar-refractivity contribution is 7.07. The van der Waals surface area contributed by atoms with Crippen LogP contribution in [0.1, 0.15) is 17.4 Å². The summed E-state index contributed by atoms with van der Waals surface area (Å²) in [4.78, 5) is 4.16. The lowest BCUT2D eigenvalue weighted by Gasteiger charge is -2.14. The summed E-state index contributed by atoms with van der Waals surface area (Å²) >= 11 is 1.58. The zero-order chi connectivity index (χ0) is 13.0. The SMILES string of the molecule is COc1cnc(C)cc1NCC(O)c1ccsc1. The molecule has 2 heterocycles. The van der Waals surface area contributed by atoms with Crippen molar-refractivity contribution in [3.63, 3.8) is 0 Å². The van der Waals surface area contributed by atoms with Crippen LogP contribution < -0.4 is 10.1 Å². The summed E-state index contributed by atoms with van der Waals surface area (Å²) in [6.07, 6.45) is 1.16. The molecular weight excluding hydrogens is 248 g/mol. The minimum Gasteiger partial charge on any atom is -0.493 e. The van der Waals surface area contributed by atoms with Crippen molar-refractivity contribution in [1.29, 1.82) is 0 Å². The van der Waals surface area contributed by atoms with E-state index >= 15 is 0 Å². The highest BCUT2D eigenvalue weighted by Gasteiger charge is 2.09. The van der Waals surface area contributed by atoms with Crippen molar-refractivity contribution in [2.24, 2.45) is 0 Å². The summed E-state index contributed by atoms with van der Waals surface area (Å²) in [6, 6.07) is 3.82. The van der Waals surface area contributed by atoms with Gasteiger partial charge in [0.15, 0.2) is 5.75 Å². The van der Waals surface area contributed by atoms with Gasteiger partial charge in [-0.25, -0.2) is 0 Å². The number of nitrogens with one attached hydrogen (secondary N) is 1. The van der Waals surface area contributed by atoms with Crippen molar-refractivity contribution in [3.8, 4) is 5.75 Å². The number of thiophene rings is 1. The molecule has 0 saturated heterocycles. The molecule has 2 aromatic heterocycles. The van der Waals surface area contributed by atoms with Gasteiger partial charge in [-0.3, -0.25) is 4.98 Å². The van der Waals surface area contributed by atoms with E-state index in [0.29, 0.717) is 12.3 Å². The largest absolute Gasteiger partial charge is 0.493 e. The standard InChI is InChI=1S/C13H16N2O2S/c1-9-5-11(13(17-2)7-14-9)15-6-12(16)10-3-4-18-8-10/h3-5,7-8,12,16H,6H2,1-2H3,(H,14,15). The first-order valence-electron chi connectivity index (χ1n) is 5.65. The van der Waals surface area contributed by atoms with Gasteiger partial charge in [0.2, 0.25) is 0 Å². The van der Waals surface area contributed by atoms with Crippen molar-refractivity contribution in [3.05, 3.63) is 40.3 Å². The van der Waals surface area contributed by atoms with Crippen LogP contribution in [0.15, 0.2) is 29.1 Å². The van der Waals surface area contributed by atoms with Crippen LogP contribution in [0.2, 0.25) is 0 Å². The smallest absolute Gasteiger partial charge is 0.160 e. The Morgan fingerprint density at radius 3 is 3.06 bits per heavy atom. The fourth-order valence-corrected chi connectivity index (χ4v) is 2.34. The highest BCUT2D eigenvalue weighted by atomic mass is 32.1. The number of aryl methyl sites for hydroxylation is 1. The van der Waals surface area contributed by atoms with Crippen molar-refractivity contribution in [1.82, 2.24) is 4.98 Å². The third kappa shape index (κ3) is 3.00. The summed E-state index contributed by atoms with van der Waals surface area (Å²) < 4.78 is 5.22. The van der Waals surface area contributed by atoms with Crippen LogP contribution in [0, 0.1) is 6.92 Å². The Morgan fingerprint density at radius 2 is 2.39 bits per heavy atom. The van der Waals surface area contributed by atoms with Gasteiger partial charge in [0.05, 0.1) is 25.1 Å². The van der Waals surface area contributed by atoms with Gasteiger partial charge in [0.1, 0.15) is 0 Å². The van der Waals surface area contributed by atoms with Crippen LogP contribution in [0.25, 0.3) is 0 Å². The van der Waals surface area contributed by atoms with E-state index < -0.39 is 6.10 Å². The molecule has 0 aliphatic heterocycles. The molecule has 0 spiro atoms. The molecule has 0 fully saturated rings. The van der Waals surface area contributed by atoms with Gasteiger partial charge in [-0.15, -0.1) is 0 Å². The van der Waals surface area contributed by atoms with E-state index in [2.05, 4.69) is 10.3 Å². The van der Waals surface area contributed by atoms with Crippen molar-refractivity contribution in [2.75, 3.05) is 19.0 Å². The second kappa shape index (κ2) is 5.84. The number of hydrogen-bond donors (Lipinski definition) is 2.